The van der Waals surface area contributed by atoms with Gasteiger partial charge in [0.1, 0.15) is 0 Å². The van der Waals surface area contributed by atoms with Crippen molar-refractivity contribution in [3.8, 4) is 0 Å². The summed E-state index contributed by atoms with van der Waals surface area (Å²) in [6.07, 6.45) is 1.63. The topological polar surface area (TPSA) is 86.8 Å². The van der Waals surface area contributed by atoms with E-state index in [1.54, 1.807) is 0 Å². The fraction of sp³-hybridized carbons (Fsp3) is 0.300. The Hall–Kier alpha value is -2.87. The van der Waals surface area contributed by atoms with E-state index in [0.717, 1.165) is 18.4 Å². The van der Waals surface area contributed by atoms with Gasteiger partial charge in [-0.3, -0.25) is 13.9 Å². The number of hydrogen-bond donors (Lipinski definition) is 1. The number of anilines is 1. The van der Waals surface area contributed by atoms with Gasteiger partial charge in [0.05, 0.1) is 17.1 Å². The Labute approximate surface area is 164 Å². The Bertz CT molecular complexity index is 1020. The first-order valence-corrected chi connectivity index (χ1v) is 10.7. The molecule has 0 radical (unpaired) electrons. The summed E-state index contributed by atoms with van der Waals surface area (Å²) in [7, 11) is -3.71. The minimum atomic E-state index is -3.71. The van der Waals surface area contributed by atoms with Crippen molar-refractivity contribution >= 4 is 27.5 Å². The van der Waals surface area contributed by atoms with Gasteiger partial charge in [0.15, 0.2) is 0 Å². The molecule has 2 aromatic rings. The van der Waals surface area contributed by atoms with Crippen molar-refractivity contribution in [1.82, 2.24) is 10.2 Å². The van der Waals surface area contributed by atoms with E-state index in [1.807, 2.05) is 24.3 Å². The lowest BCUT2D eigenvalue weighted by Crippen LogP contribution is -2.49. The first kappa shape index (κ1) is 18.5. The number of amides is 2. The van der Waals surface area contributed by atoms with Crippen LogP contribution in [0, 0.1) is 0 Å². The van der Waals surface area contributed by atoms with Crippen molar-refractivity contribution in [2.75, 3.05) is 30.5 Å². The number of sulfonamides is 1. The van der Waals surface area contributed by atoms with Gasteiger partial charge in [0.2, 0.25) is 5.91 Å². The van der Waals surface area contributed by atoms with Crippen molar-refractivity contribution < 1.29 is 18.0 Å². The van der Waals surface area contributed by atoms with Gasteiger partial charge < -0.3 is 10.2 Å². The zero-order chi connectivity index (χ0) is 19.7. The Morgan fingerprint density at radius 3 is 2.50 bits per heavy atom. The second-order valence-corrected chi connectivity index (χ2v) is 8.77. The maximum atomic E-state index is 13.2. The van der Waals surface area contributed by atoms with Crippen molar-refractivity contribution in [1.29, 1.82) is 0 Å². The number of carbonyl (C=O) groups is 2. The Morgan fingerprint density at radius 2 is 1.75 bits per heavy atom. The summed E-state index contributed by atoms with van der Waals surface area (Å²) < 4.78 is 27.7. The molecule has 0 aliphatic carbocycles. The van der Waals surface area contributed by atoms with Crippen LogP contribution in [-0.2, 0) is 21.2 Å². The highest BCUT2D eigenvalue weighted by molar-refractivity contribution is 7.92. The number of rotatable bonds is 3. The molecule has 2 amide bonds. The average Bonchev–Trinajstić information content (AvgIpc) is 2.73. The van der Waals surface area contributed by atoms with Crippen LogP contribution < -0.4 is 9.62 Å². The number of aryl methyl sites for hydroxylation is 1. The number of fused-ring (bicyclic) bond motifs is 1. The predicted octanol–water partition coefficient (Wildman–Crippen LogP) is 1.40. The highest BCUT2D eigenvalue weighted by Gasteiger charge is 2.29. The molecule has 1 N–H and O–H groups in total. The van der Waals surface area contributed by atoms with E-state index in [1.165, 1.54) is 33.5 Å². The molecule has 28 heavy (non-hydrogen) atoms. The lowest BCUT2D eigenvalue weighted by Gasteiger charge is -2.30. The molecule has 2 heterocycles. The third kappa shape index (κ3) is 3.35. The molecule has 0 unspecified atom stereocenters. The summed E-state index contributed by atoms with van der Waals surface area (Å²) in [5, 5.41) is 2.67. The van der Waals surface area contributed by atoms with Gasteiger partial charge >= 0.3 is 0 Å². The number of benzene rings is 2. The van der Waals surface area contributed by atoms with Crippen LogP contribution in [0.5, 0.6) is 0 Å². The van der Waals surface area contributed by atoms with Crippen molar-refractivity contribution in [2.24, 2.45) is 0 Å². The van der Waals surface area contributed by atoms with E-state index in [4.69, 9.17) is 0 Å². The van der Waals surface area contributed by atoms with E-state index < -0.39 is 10.0 Å². The summed E-state index contributed by atoms with van der Waals surface area (Å²) in [4.78, 5) is 25.7. The molecule has 2 aliphatic heterocycles. The normalized spacial score (nSPS) is 17.1. The van der Waals surface area contributed by atoms with Crippen LogP contribution in [0.25, 0.3) is 0 Å². The fourth-order valence-corrected chi connectivity index (χ4v) is 5.18. The van der Waals surface area contributed by atoms with E-state index in [2.05, 4.69) is 5.32 Å². The molecule has 8 heteroatoms. The summed E-state index contributed by atoms with van der Waals surface area (Å²) in [6, 6.07) is 13.5. The first-order chi connectivity index (χ1) is 13.5. The molecule has 4 rings (SSSR count). The van der Waals surface area contributed by atoms with Crippen molar-refractivity contribution in [2.45, 2.75) is 17.7 Å². The van der Waals surface area contributed by atoms with Gasteiger partial charge in [0, 0.05) is 25.2 Å². The zero-order valence-corrected chi connectivity index (χ0v) is 16.1. The van der Waals surface area contributed by atoms with Crippen LogP contribution in [-0.4, -0.2) is 51.3 Å². The summed E-state index contributed by atoms with van der Waals surface area (Å²) >= 11 is 0. The van der Waals surface area contributed by atoms with E-state index in [9.17, 15) is 18.0 Å². The van der Waals surface area contributed by atoms with Gasteiger partial charge in [-0.05, 0) is 48.7 Å². The molecule has 0 aromatic heterocycles. The molecule has 0 atom stereocenters. The highest BCUT2D eigenvalue weighted by atomic mass is 32.2. The second kappa shape index (κ2) is 7.27. The van der Waals surface area contributed by atoms with Crippen LogP contribution in [0.15, 0.2) is 53.4 Å². The van der Waals surface area contributed by atoms with Gasteiger partial charge in [-0.25, -0.2) is 8.42 Å². The molecule has 0 spiro atoms. The first-order valence-electron chi connectivity index (χ1n) is 9.23. The minimum absolute atomic E-state index is 0.0173. The van der Waals surface area contributed by atoms with Crippen LogP contribution in [0.4, 0.5) is 5.69 Å². The zero-order valence-electron chi connectivity index (χ0n) is 15.3. The summed E-state index contributed by atoms with van der Waals surface area (Å²) in [5.74, 6) is -0.468. The molecule has 0 saturated carbocycles. The fourth-order valence-electron chi connectivity index (χ4n) is 3.64. The SMILES string of the molecule is O=C1CN(C(=O)c2ccc(S(=O)(=O)N3CCCc4ccccc43)cc2)CCN1. The summed E-state index contributed by atoms with van der Waals surface area (Å²) in [5.41, 5.74) is 2.11. The van der Waals surface area contributed by atoms with Crippen molar-refractivity contribution in [3.63, 3.8) is 0 Å². The maximum absolute atomic E-state index is 13.2. The van der Waals surface area contributed by atoms with Crippen LogP contribution in [0.3, 0.4) is 0 Å². The molecule has 146 valence electrons. The van der Waals surface area contributed by atoms with Crippen LogP contribution in [0.1, 0.15) is 22.3 Å². The highest BCUT2D eigenvalue weighted by Crippen LogP contribution is 2.31. The minimum Gasteiger partial charge on any atom is -0.353 e. The van der Waals surface area contributed by atoms with Crippen LogP contribution in [0.2, 0.25) is 0 Å². The molecule has 7 nitrogen and oxygen atoms in total. The molecule has 0 bridgehead atoms. The Kier molecular flexibility index (Phi) is 4.80. The standard InChI is InChI=1S/C20H21N3O4S/c24-19-14-22(13-11-21-19)20(25)16-7-9-17(10-8-16)28(26,27)23-12-3-5-15-4-1-2-6-18(15)23/h1-2,4,6-10H,3,5,11-14H2,(H,21,24). The number of nitrogens with zero attached hydrogens (tertiary/aromatic N) is 2. The lowest BCUT2D eigenvalue weighted by molar-refractivity contribution is -0.123. The maximum Gasteiger partial charge on any atom is 0.264 e. The Morgan fingerprint density at radius 1 is 1.00 bits per heavy atom. The third-order valence-corrected chi connectivity index (χ3v) is 6.91. The number of carbonyl (C=O) groups excluding carboxylic acids is 2. The summed E-state index contributed by atoms with van der Waals surface area (Å²) in [6.45, 7) is 1.31. The molecule has 2 aliphatic rings. The smallest absolute Gasteiger partial charge is 0.264 e. The van der Waals surface area contributed by atoms with E-state index in [0.29, 0.717) is 30.9 Å². The second-order valence-electron chi connectivity index (χ2n) is 6.91. The molecule has 2 aromatic carbocycles. The van der Waals surface area contributed by atoms with E-state index in [-0.39, 0.29) is 23.3 Å². The number of piperazine rings is 1. The number of nitrogens with one attached hydrogen (secondary N) is 1. The van der Waals surface area contributed by atoms with Gasteiger partial charge in [0.25, 0.3) is 15.9 Å². The number of hydrogen-bond acceptors (Lipinski definition) is 4. The average molecular weight is 399 g/mol. The van der Waals surface area contributed by atoms with Crippen molar-refractivity contribution in [3.05, 3.63) is 59.7 Å². The van der Waals surface area contributed by atoms with E-state index >= 15 is 0 Å². The number of para-hydroxylation sites is 1. The molecule has 1 saturated heterocycles. The molecular formula is C20H21N3O4S. The van der Waals surface area contributed by atoms with Gasteiger partial charge in [-0.2, -0.15) is 0 Å². The predicted molar refractivity (Wildman–Crippen MR) is 105 cm³/mol. The third-order valence-electron chi connectivity index (χ3n) is 5.08. The monoisotopic (exact) mass is 399 g/mol. The molecular weight excluding hydrogens is 378 g/mol. The quantitative estimate of drug-likeness (QED) is 0.845. The molecule has 1 fully saturated rings. The lowest BCUT2D eigenvalue weighted by atomic mass is 10.0. The van der Waals surface area contributed by atoms with Gasteiger partial charge in [-0.1, -0.05) is 18.2 Å². The van der Waals surface area contributed by atoms with Crippen LogP contribution >= 0.6 is 0 Å². The van der Waals surface area contributed by atoms with Gasteiger partial charge in [-0.15, -0.1) is 0 Å². The largest absolute Gasteiger partial charge is 0.353 e. The Balaban J connectivity index is 1.58.